The molecule has 0 saturated carbocycles. The second-order valence-corrected chi connectivity index (χ2v) is 5.54. The minimum Gasteiger partial charge on any atom is -0.497 e. The monoisotopic (exact) mass is 262 g/mol. The van der Waals surface area contributed by atoms with Gasteiger partial charge in [0.05, 0.1) is 7.11 Å². The van der Waals surface area contributed by atoms with Gasteiger partial charge in [0.25, 0.3) is 0 Å². The number of rotatable bonds is 5. The van der Waals surface area contributed by atoms with Gasteiger partial charge in [0.2, 0.25) is 0 Å². The Morgan fingerprint density at radius 2 is 2.21 bits per heavy atom. The van der Waals surface area contributed by atoms with Crippen molar-refractivity contribution in [2.24, 2.45) is 0 Å². The number of methoxy groups -OCH3 is 1. The van der Waals surface area contributed by atoms with Crippen molar-refractivity contribution in [1.82, 2.24) is 4.90 Å². The molecule has 3 heteroatoms. The summed E-state index contributed by atoms with van der Waals surface area (Å²) in [5, 5.41) is 0. The molecule has 1 heterocycles. The van der Waals surface area contributed by atoms with Crippen molar-refractivity contribution in [2.75, 3.05) is 39.2 Å². The summed E-state index contributed by atoms with van der Waals surface area (Å²) >= 11 is 0. The van der Waals surface area contributed by atoms with Crippen molar-refractivity contribution >= 4 is 5.69 Å². The maximum Gasteiger partial charge on any atom is 0.120 e. The van der Waals surface area contributed by atoms with E-state index >= 15 is 0 Å². The Hall–Kier alpha value is -1.22. The third-order valence-electron chi connectivity index (χ3n) is 4.21. The van der Waals surface area contributed by atoms with Gasteiger partial charge in [-0.1, -0.05) is 12.5 Å². The van der Waals surface area contributed by atoms with Gasteiger partial charge in [-0.3, -0.25) is 0 Å². The Labute approximate surface area is 117 Å². The second kappa shape index (κ2) is 6.80. The SMILES string of the molecule is COc1cccc(N(C)CCC2CCCCN2C)c1. The number of piperidine rings is 1. The molecule has 1 saturated heterocycles. The molecule has 1 aliphatic rings. The smallest absolute Gasteiger partial charge is 0.120 e. The Kier molecular flexibility index (Phi) is 5.08. The highest BCUT2D eigenvalue weighted by atomic mass is 16.5. The zero-order valence-electron chi connectivity index (χ0n) is 12.4. The first-order valence-corrected chi connectivity index (χ1v) is 7.26. The lowest BCUT2D eigenvalue weighted by molar-refractivity contribution is 0.178. The van der Waals surface area contributed by atoms with E-state index in [0.29, 0.717) is 0 Å². The molecule has 1 aromatic carbocycles. The van der Waals surface area contributed by atoms with Crippen LogP contribution in [0.2, 0.25) is 0 Å². The van der Waals surface area contributed by atoms with Crippen molar-refractivity contribution in [3.63, 3.8) is 0 Å². The molecule has 2 rings (SSSR count). The minimum atomic E-state index is 0.752. The van der Waals surface area contributed by atoms with Gasteiger partial charge in [0.15, 0.2) is 0 Å². The van der Waals surface area contributed by atoms with Crippen LogP contribution in [0.5, 0.6) is 5.75 Å². The Balaban J connectivity index is 1.87. The van der Waals surface area contributed by atoms with Crippen molar-refractivity contribution in [2.45, 2.75) is 31.7 Å². The molecular formula is C16H26N2O. The van der Waals surface area contributed by atoms with Crippen molar-refractivity contribution in [3.05, 3.63) is 24.3 Å². The lowest BCUT2D eigenvalue weighted by Gasteiger charge is -2.34. The predicted octanol–water partition coefficient (Wildman–Crippen LogP) is 3.01. The van der Waals surface area contributed by atoms with Gasteiger partial charge in [-0.05, 0) is 45.0 Å². The van der Waals surface area contributed by atoms with E-state index in [-0.39, 0.29) is 0 Å². The minimum absolute atomic E-state index is 0.752. The summed E-state index contributed by atoms with van der Waals surface area (Å²) in [5.74, 6) is 0.930. The van der Waals surface area contributed by atoms with Gasteiger partial charge in [0.1, 0.15) is 5.75 Å². The number of likely N-dealkylation sites (tertiary alicyclic amines) is 1. The summed E-state index contributed by atoms with van der Waals surface area (Å²) < 4.78 is 5.28. The van der Waals surface area contributed by atoms with Crippen LogP contribution in [0.15, 0.2) is 24.3 Å². The van der Waals surface area contributed by atoms with E-state index in [1.54, 1.807) is 7.11 Å². The van der Waals surface area contributed by atoms with E-state index in [4.69, 9.17) is 4.74 Å². The Morgan fingerprint density at radius 3 is 2.95 bits per heavy atom. The third kappa shape index (κ3) is 3.87. The van der Waals surface area contributed by atoms with Gasteiger partial charge in [-0.2, -0.15) is 0 Å². The zero-order valence-corrected chi connectivity index (χ0v) is 12.4. The largest absolute Gasteiger partial charge is 0.497 e. The van der Waals surface area contributed by atoms with Gasteiger partial charge in [-0.25, -0.2) is 0 Å². The highest BCUT2D eigenvalue weighted by Gasteiger charge is 2.18. The third-order valence-corrected chi connectivity index (χ3v) is 4.21. The first-order valence-electron chi connectivity index (χ1n) is 7.26. The number of ether oxygens (including phenoxy) is 1. The molecule has 19 heavy (non-hydrogen) atoms. The molecular weight excluding hydrogens is 236 g/mol. The van der Waals surface area contributed by atoms with E-state index in [1.165, 1.54) is 37.9 Å². The van der Waals surface area contributed by atoms with E-state index in [1.807, 2.05) is 6.07 Å². The zero-order chi connectivity index (χ0) is 13.7. The predicted molar refractivity (Wildman–Crippen MR) is 81.2 cm³/mol. The Morgan fingerprint density at radius 1 is 1.37 bits per heavy atom. The second-order valence-electron chi connectivity index (χ2n) is 5.54. The summed E-state index contributed by atoms with van der Waals surface area (Å²) in [6, 6.07) is 9.04. The topological polar surface area (TPSA) is 15.7 Å². The number of hydrogen-bond donors (Lipinski definition) is 0. The van der Waals surface area contributed by atoms with Crippen molar-refractivity contribution in [3.8, 4) is 5.75 Å². The van der Waals surface area contributed by atoms with Crippen LogP contribution in [-0.4, -0.2) is 45.2 Å². The van der Waals surface area contributed by atoms with Crippen LogP contribution >= 0.6 is 0 Å². The average Bonchev–Trinajstić information content (AvgIpc) is 2.46. The number of nitrogens with zero attached hydrogens (tertiary/aromatic N) is 2. The van der Waals surface area contributed by atoms with Crippen LogP contribution in [0.3, 0.4) is 0 Å². The highest BCUT2D eigenvalue weighted by Crippen LogP contribution is 2.22. The quantitative estimate of drug-likeness (QED) is 0.811. The molecule has 1 aromatic rings. The van der Waals surface area contributed by atoms with Crippen molar-refractivity contribution in [1.29, 1.82) is 0 Å². The van der Waals surface area contributed by atoms with Crippen LogP contribution < -0.4 is 9.64 Å². The van der Waals surface area contributed by atoms with Crippen LogP contribution in [0.1, 0.15) is 25.7 Å². The molecule has 0 bridgehead atoms. The first-order chi connectivity index (χ1) is 9.20. The van der Waals surface area contributed by atoms with Gasteiger partial charge >= 0.3 is 0 Å². The molecule has 0 spiro atoms. The maximum atomic E-state index is 5.28. The van der Waals surface area contributed by atoms with E-state index in [9.17, 15) is 0 Å². The summed E-state index contributed by atoms with van der Waals surface area (Å²) in [6.07, 6.45) is 5.34. The fourth-order valence-electron chi connectivity index (χ4n) is 2.83. The lowest BCUT2D eigenvalue weighted by atomic mass is 10.00. The molecule has 1 aliphatic heterocycles. The fourth-order valence-corrected chi connectivity index (χ4v) is 2.83. The molecule has 0 radical (unpaired) electrons. The average molecular weight is 262 g/mol. The summed E-state index contributed by atoms with van der Waals surface area (Å²) in [7, 11) is 6.14. The maximum absolute atomic E-state index is 5.28. The van der Waals surface area contributed by atoms with E-state index in [2.05, 4.69) is 42.1 Å². The molecule has 1 atom stereocenters. The number of benzene rings is 1. The standard InChI is InChI=1S/C16H26N2O/c1-17-11-5-4-7-14(17)10-12-18(2)15-8-6-9-16(13-15)19-3/h6,8-9,13-14H,4-5,7,10-12H2,1-3H3. The molecule has 0 N–H and O–H groups in total. The molecule has 0 aliphatic carbocycles. The normalized spacial score (nSPS) is 20.3. The molecule has 1 fully saturated rings. The first kappa shape index (κ1) is 14.2. The number of hydrogen-bond acceptors (Lipinski definition) is 3. The Bertz CT molecular complexity index is 394. The highest BCUT2D eigenvalue weighted by molar-refractivity contribution is 5.50. The molecule has 0 amide bonds. The fraction of sp³-hybridized carbons (Fsp3) is 0.625. The summed E-state index contributed by atoms with van der Waals surface area (Å²) in [4.78, 5) is 4.84. The molecule has 1 unspecified atom stereocenters. The molecule has 0 aromatic heterocycles. The summed E-state index contributed by atoms with van der Waals surface area (Å²) in [5.41, 5.74) is 1.23. The van der Waals surface area contributed by atoms with Gasteiger partial charge < -0.3 is 14.5 Å². The van der Waals surface area contributed by atoms with Gasteiger partial charge in [0, 0.05) is 31.4 Å². The lowest BCUT2D eigenvalue weighted by Crippen LogP contribution is -2.38. The van der Waals surface area contributed by atoms with Crippen molar-refractivity contribution < 1.29 is 4.74 Å². The van der Waals surface area contributed by atoms with Crippen LogP contribution in [0.4, 0.5) is 5.69 Å². The van der Waals surface area contributed by atoms with Crippen LogP contribution in [0.25, 0.3) is 0 Å². The molecule has 106 valence electrons. The van der Waals surface area contributed by atoms with E-state index < -0.39 is 0 Å². The van der Waals surface area contributed by atoms with E-state index in [0.717, 1.165) is 18.3 Å². The van der Waals surface area contributed by atoms with Crippen LogP contribution in [-0.2, 0) is 0 Å². The number of anilines is 1. The van der Waals surface area contributed by atoms with Crippen LogP contribution in [0, 0.1) is 0 Å². The summed E-state index contributed by atoms with van der Waals surface area (Å²) in [6.45, 7) is 2.36. The molecule has 3 nitrogen and oxygen atoms in total. The van der Waals surface area contributed by atoms with Gasteiger partial charge in [-0.15, -0.1) is 0 Å².